The molecule has 1 aliphatic carbocycles. The van der Waals surface area contributed by atoms with Crippen molar-refractivity contribution in [2.45, 2.75) is 51.5 Å². The van der Waals surface area contributed by atoms with Crippen molar-refractivity contribution in [3.05, 3.63) is 15.6 Å². The summed E-state index contributed by atoms with van der Waals surface area (Å²) in [4.78, 5) is 9.15. The van der Waals surface area contributed by atoms with Crippen molar-refractivity contribution >= 4 is 11.3 Å². The quantitative estimate of drug-likeness (QED) is 0.925. The minimum atomic E-state index is 0.141. The number of aryl methyl sites for hydroxylation is 2. The molecular formula is C16H27N3S. The Bertz CT molecular complexity index is 437. The summed E-state index contributed by atoms with van der Waals surface area (Å²) in [6, 6.07) is 0. The van der Waals surface area contributed by atoms with Gasteiger partial charge in [0.2, 0.25) is 0 Å². The second kappa shape index (κ2) is 5.74. The number of likely N-dealkylation sites (tertiary alicyclic amines) is 1. The van der Waals surface area contributed by atoms with Gasteiger partial charge in [-0.15, -0.1) is 11.3 Å². The van der Waals surface area contributed by atoms with E-state index in [0.717, 1.165) is 5.92 Å². The normalized spacial score (nSPS) is 22.4. The van der Waals surface area contributed by atoms with E-state index in [-0.39, 0.29) is 5.54 Å². The highest BCUT2D eigenvalue weighted by Gasteiger charge is 2.38. The van der Waals surface area contributed by atoms with Gasteiger partial charge in [-0.3, -0.25) is 0 Å². The molecule has 0 atom stereocenters. The van der Waals surface area contributed by atoms with Crippen LogP contribution in [-0.4, -0.2) is 36.6 Å². The lowest BCUT2D eigenvalue weighted by molar-refractivity contribution is 0.129. The summed E-state index contributed by atoms with van der Waals surface area (Å²) >= 11 is 1.97. The zero-order valence-electron chi connectivity index (χ0n) is 13.0. The van der Waals surface area contributed by atoms with E-state index in [1.165, 1.54) is 62.4 Å². The minimum Gasteiger partial charge on any atom is -0.308 e. The SMILES string of the molecule is CNC1(c2nc3c(s2)CCC3)CCN(CC(C)C)CC1. The molecule has 1 fully saturated rings. The van der Waals surface area contributed by atoms with E-state index >= 15 is 0 Å². The van der Waals surface area contributed by atoms with Gasteiger partial charge in [-0.05, 0) is 45.1 Å². The predicted octanol–water partition coefficient (Wildman–Crippen LogP) is 2.80. The molecule has 0 bridgehead atoms. The Hall–Kier alpha value is -0.450. The first kappa shape index (κ1) is 14.5. The summed E-state index contributed by atoms with van der Waals surface area (Å²) in [6.45, 7) is 8.25. The van der Waals surface area contributed by atoms with Crippen LogP contribution in [-0.2, 0) is 18.4 Å². The Morgan fingerprint density at radius 1 is 1.30 bits per heavy atom. The van der Waals surface area contributed by atoms with Crippen LogP contribution in [0.3, 0.4) is 0 Å². The average molecular weight is 293 g/mol. The van der Waals surface area contributed by atoms with Gasteiger partial charge in [-0.25, -0.2) is 4.98 Å². The molecule has 0 saturated carbocycles. The number of thiazole rings is 1. The molecule has 1 aliphatic heterocycles. The van der Waals surface area contributed by atoms with Gasteiger partial charge in [0.1, 0.15) is 5.01 Å². The van der Waals surface area contributed by atoms with Gasteiger partial charge in [0, 0.05) is 24.5 Å². The van der Waals surface area contributed by atoms with Gasteiger partial charge in [0.15, 0.2) is 0 Å². The molecule has 0 unspecified atom stereocenters. The lowest BCUT2D eigenvalue weighted by Crippen LogP contribution is -2.50. The van der Waals surface area contributed by atoms with Crippen molar-refractivity contribution in [2.24, 2.45) is 5.92 Å². The number of hydrogen-bond donors (Lipinski definition) is 1. The Morgan fingerprint density at radius 3 is 2.65 bits per heavy atom. The summed E-state index contributed by atoms with van der Waals surface area (Å²) in [5, 5.41) is 4.97. The van der Waals surface area contributed by atoms with Crippen LogP contribution in [0.25, 0.3) is 0 Å². The molecule has 0 amide bonds. The highest BCUT2D eigenvalue weighted by Crippen LogP contribution is 2.38. The van der Waals surface area contributed by atoms with Crippen LogP contribution in [0.1, 0.15) is 48.7 Å². The lowest BCUT2D eigenvalue weighted by Gasteiger charge is -2.41. The Labute approximate surface area is 126 Å². The molecular weight excluding hydrogens is 266 g/mol. The third kappa shape index (κ3) is 2.66. The Kier molecular flexibility index (Phi) is 4.16. The largest absolute Gasteiger partial charge is 0.308 e. The van der Waals surface area contributed by atoms with Gasteiger partial charge < -0.3 is 10.2 Å². The number of hydrogen-bond acceptors (Lipinski definition) is 4. The summed E-state index contributed by atoms with van der Waals surface area (Å²) in [5.74, 6) is 0.765. The summed E-state index contributed by atoms with van der Waals surface area (Å²) in [6.07, 6.45) is 6.16. The van der Waals surface area contributed by atoms with Crippen molar-refractivity contribution in [3.8, 4) is 0 Å². The van der Waals surface area contributed by atoms with Gasteiger partial charge in [-0.1, -0.05) is 13.8 Å². The van der Waals surface area contributed by atoms with Crippen molar-refractivity contribution < 1.29 is 0 Å². The molecule has 1 aromatic rings. The van der Waals surface area contributed by atoms with E-state index in [9.17, 15) is 0 Å². The highest BCUT2D eigenvalue weighted by atomic mass is 32.1. The van der Waals surface area contributed by atoms with Crippen LogP contribution in [0.4, 0.5) is 0 Å². The summed E-state index contributed by atoms with van der Waals surface area (Å²) < 4.78 is 0. The molecule has 0 aromatic carbocycles. The second-order valence-corrected chi connectivity index (χ2v) is 7.85. The molecule has 112 valence electrons. The molecule has 20 heavy (non-hydrogen) atoms. The van der Waals surface area contributed by atoms with E-state index in [0.29, 0.717) is 0 Å². The van der Waals surface area contributed by atoms with Crippen LogP contribution in [0.15, 0.2) is 0 Å². The average Bonchev–Trinajstić information content (AvgIpc) is 3.00. The first-order valence-corrected chi connectivity index (χ1v) is 8.85. The molecule has 2 aliphatic rings. The van der Waals surface area contributed by atoms with Gasteiger partial charge in [0.05, 0.1) is 11.2 Å². The topological polar surface area (TPSA) is 28.2 Å². The van der Waals surface area contributed by atoms with E-state index in [1.54, 1.807) is 4.88 Å². The maximum absolute atomic E-state index is 4.98. The van der Waals surface area contributed by atoms with Crippen molar-refractivity contribution in [2.75, 3.05) is 26.7 Å². The predicted molar refractivity (Wildman–Crippen MR) is 85.4 cm³/mol. The summed E-state index contributed by atoms with van der Waals surface area (Å²) in [7, 11) is 2.12. The Morgan fingerprint density at radius 2 is 2.05 bits per heavy atom. The smallest absolute Gasteiger partial charge is 0.113 e. The molecule has 4 heteroatoms. The molecule has 1 aromatic heterocycles. The molecule has 3 nitrogen and oxygen atoms in total. The van der Waals surface area contributed by atoms with E-state index in [2.05, 4.69) is 31.1 Å². The standard InChI is InChI=1S/C16H27N3S/c1-12(2)11-19-9-7-16(17-3,8-10-19)15-18-13-5-4-6-14(13)20-15/h12,17H,4-11H2,1-3H3. The number of aromatic nitrogens is 1. The maximum Gasteiger partial charge on any atom is 0.113 e. The number of nitrogens with zero attached hydrogens (tertiary/aromatic N) is 2. The van der Waals surface area contributed by atoms with Gasteiger partial charge in [-0.2, -0.15) is 0 Å². The third-order valence-corrected chi connectivity index (χ3v) is 6.18. The number of piperidine rings is 1. The molecule has 0 spiro atoms. The third-order valence-electron chi connectivity index (χ3n) is 4.82. The fraction of sp³-hybridized carbons (Fsp3) is 0.812. The van der Waals surface area contributed by atoms with Crippen LogP contribution < -0.4 is 5.32 Å². The first-order valence-electron chi connectivity index (χ1n) is 8.03. The van der Waals surface area contributed by atoms with Gasteiger partial charge in [0.25, 0.3) is 0 Å². The number of rotatable bonds is 4. The van der Waals surface area contributed by atoms with Crippen molar-refractivity contribution in [3.63, 3.8) is 0 Å². The van der Waals surface area contributed by atoms with Crippen LogP contribution in [0, 0.1) is 5.92 Å². The van der Waals surface area contributed by atoms with Crippen LogP contribution >= 0.6 is 11.3 Å². The maximum atomic E-state index is 4.98. The van der Waals surface area contributed by atoms with Crippen LogP contribution in [0.5, 0.6) is 0 Å². The van der Waals surface area contributed by atoms with Crippen molar-refractivity contribution in [1.82, 2.24) is 15.2 Å². The van der Waals surface area contributed by atoms with E-state index in [4.69, 9.17) is 4.98 Å². The molecule has 1 saturated heterocycles. The fourth-order valence-corrected chi connectivity index (χ4v) is 5.00. The monoisotopic (exact) mass is 293 g/mol. The zero-order chi connectivity index (χ0) is 14.2. The Balaban J connectivity index is 1.72. The lowest BCUT2D eigenvalue weighted by atomic mass is 9.88. The van der Waals surface area contributed by atoms with Gasteiger partial charge >= 0.3 is 0 Å². The summed E-state index contributed by atoms with van der Waals surface area (Å²) in [5.41, 5.74) is 1.53. The van der Waals surface area contributed by atoms with E-state index < -0.39 is 0 Å². The second-order valence-electron chi connectivity index (χ2n) is 6.77. The highest BCUT2D eigenvalue weighted by molar-refractivity contribution is 7.12. The number of fused-ring (bicyclic) bond motifs is 1. The first-order chi connectivity index (χ1) is 9.63. The van der Waals surface area contributed by atoms with Crippen molar-refractivity contribution in [1.29, 1.82) is 0 Å². The van der Waals surface area contributed by atoms with E-state index in [1.807, 2.05) is 11.3 Å². The molecule has 0 radical (unpaired) electrons. The molecule has 1 N–H and O–H groups in total. The molecule has 2 heterocycles. The minimum absolute atomic E-state index is 0.141. The number of nitrogens with one attached hydrogen (secondary N) is 1. The fourth-order valence-electron chi connectivity index (χ4n) is 3.60. The molecule has 3 rings (SSSR count). The zero-order valence-corrected chi connectivity index (χ0v) is 13.9. The van der Waals surface area contributed by atoms with Crippen LogP contribution in [0.2, 0.25) is 0 Å².